The second-order valence-corrected chi connectivity index (χ2v) is 6.87. The van der Waals surface area contributed by atoms with E-state index < -0.39 is 5.54 Å². The third-order valence-electron chi connectivity index (χ3n) is 4.64. The molecule has 0 saturated heterocycles. The highest BCUT2D eigenvalue weighted by molar-refractivity contribution is 5.81. The Morgan fingerprint density at radius 1 is 1.40 bits per heavy atom. The van der Waals surface area contributed by atoms with Crippen LogP contribution in [0, 0.1) is 5.92 Å². The number of ether oxygens (including phenoxy) is 1. The Labute approximate surface area is 123 Å². The van der Waals surface area contributed by atoms with Crippen LogP contribution in [0.1, 0.15) is 52.9 Å². The Hall–Kier alpha value is -0.610. The highest BCUT2D eigenvalue weighted by atomic mass is 16.5. The summed E-state index contributed by atoms with van der Waals surface area (Å²) in [5.74, 6) is 0.604. The number of carbonyl (C=O) groups is 1. The Morgan fingerprint density at radius 3 is 2.60 bits per heavy atom. The van der Waals surface area contributed by atoms with Gasteiger partial charge in [0.25, 0.3) is 0 Å². The van der Waals surface area contributed by atoms with Crippen molar-refractivity contribution in [2.24, 2.45) is 5.92 Å². The normalized spacial score (nSPS) is 30.2. The lowest BCUT2D eigenvalue weighted by Crippen LogP contribution is -2.53. The van der Waals surface area contributed by atoms with Gasteiger partial charge in [-0.05, 0) is 44.6 Å². The minimum Gasteiger partial charge on any atom is -0.468 e. The first-order valence-corrected chi connectivity index (χ1v) is 8.11. The van der Waals surface area contributed by atoms with Crippen molar-refractivity contribution in [2.45, 2.75) is 70.5 Å². The van der Waals surface area contributed by atoms with Gasteiger partial charge in [0.1, 0.15) is 5.54 Å². The third-order valence-corrected chi connectivity index (χ3v) is 4.64. The zero-order chi connectivity index (χ0) is 14.8. The first kappa shape index (κ1) is 15.8. The lowest BCUT2D eigenvalue weighted by atomic mass is 9.96. The molecule has 0 aromatic heterocycles. The van der Waals surface area contributed by atoms with E-state index in [1.165, 1.54) is 20.0 Å². The summed E-state index contributed by atoms with van der Waals surface area (Å²) in [5, 5.41) is 3.58. The van der Waals surface area contributed by atoms with Crippen LogP contribution < -0.4 is 5.32 Å². The van der Waals surface area contributed by atoms with E-state index in [2.05, 4.69) is 31.0 Å². The number of nitrogens with one attached hydrogen (secondary N) is 1. The molecule has 2 fully saturated rings. The number of hydrogen-bond acceptors (Lipinski definition) is 4. The maximum atomic E-state index is 12.3. The fourth-order valence-corrected chi connectivity index (χ4v) is 3.53. The summed E-state index contributed by atoms with van der Waals surface area (Å²) in [6, 6.07) is 1.04. The fraction of sp³-hybridized carbons (Fsp3) is 0.938. The van der Waals surface area contributed by atoms with Gasteiger partial charge in [-0.15, -0.1) is 0 Å². The van der Waals surface area contributed by atoms with Crippen LogP contribution >= 0.6 is 0 Å². The van der Waals surface area contributed by atoms with E-state index in [0.29, 0.717) is 18.0 Å². The van der Waals surface area contributed by atoms with Crippen molar-refractivity contribution in [3.05, 3.63) is 0 Å². The summed E-state index contributed by atoms with van der Waals surface area (Å²) in [6.07, 6.45) is 5.31. The first-order chi connectivity index (χ1) is 9.50. The topological polar surface area (TPSA) is 41.6 Å². The molecule has 0 bridgehead atoms. The van der Waals surface area contributed by atoms with Crippen molar-refractivity contribution in [2.75, 3.05) is 20.2 Å². The summed E-state index contributed by atoms with van der Waals surface area (Å²) in [6.45, 7) is 8.90. The monoisotopic (exact) mass is 282 g/mol. The van der Waals surface area contributed by atoms with E-state index in [4.69, 9.17) is 4.74 Å². The second-order valence-electron chi connectivity index (χ2n) is 6.87. The van der Waals surface area contributed by atoms with Gasteiger partial charge >= 0.3 is 5.97 Å². The van der Waals surface area contributed by atoms with Gasteiger partial charge in [0.2, 0.25) is 0 Å². The minimum atomic E-state index is -0.426. The number of rotatable bonds is 7. The summed E-state index contributed by atoms with van der Waals surface area (Å²) in [7, 11) is 1.51. The molecule has 0 radical (unpaired) electrons. The number of esters is 1. The van der Waals surface area contributed by atoms with Gasteiger partial charge in [0.05, 0.1) is 7.11 Å². The smallest absolute Gasteiger partial charge is 0.326 e. The minimum absolute atomic E-state index is 0.0625. The number of carbonyl (C=O) groups excluding carboxylic acids is 1. The van der Waals surface area contributed by atoms with Gasteiger partial charge in [-0.25, -0.2) is 0 Å². The van der Waals surface area contributed by atoms with Gasteiger partial charge < -0.3 is 9.64 Å². The molecule has 116 valence electrons. The molecule has 20 heavy (non-hydrogen) atoms. The third kappa shape index (κ3) is 3.53. The van der Waals surface area contributed by atoms with Crippen molar-refractivity contribution < 1.29 is 9.53 Å². The van der Waals surface area contributed by atoms with Crippen LogP contribution in [0.4, 0.5) is 0 Å². The average molecular weight is 282 g/mol. The molecule has 0 heterocycles. The average Bonchev–Trinajstić information content (AvgIpc) is 3.12. The zero-order valence-electron chi connectivity index (χ0n) is 13.4. The van der Waals surface area contributed by atoms with Crippen molar-refractivity contribution in [1.29, 1.82) is 0 Å². The number of methoxy groups -OCH3 is 1. The predicted octanol–water partition coefficient (Wildman–Crippen LogP) is 2.18. The highest BCUT2D eigenvalue weighted by Gasteiger charge is 2.49. The van der Waals surface area contributed by atoms with Crippen LogP contribution in [0.2, 0.25) is 0 Å². The van der Waals surface area contributed by atoms with Gasteiger partial charge in [-0.3, -0.25) is 10.1 Å². The van der Waals surface area contributed by atoms with Gasteiger partial charge in [-0.1, -0.05) is 20.8 Å². The van der Waals surface area contributed by atoms with E-state index in [9.17, 15) is 4.79 Å². The van der Waals surface area contributed by atoms with Crippen LogP contribution in [0.3, 0.4) is 0 Å². The van der Waals surface area contributed by atoms with E-state index >= 15 is 0 Å². The van der Waals surface area contributed by atoms with Crippen molar-refractivity contribution in [3.63, 3.8) is 0 Å². The molecule has 1 N–H and O–H groups in total. The summed E-state index contributed by atoms with van der Waals surface area (Å²) in [4.78, 5) is 14.8. The van der Waals surface area contributed by atoms with Crippen molar-refractivity contribution in [3.8, 4) is 0 Å². The van der Waals surface area contributed by atoms with E-state index in [-0.39, 0.29) is 5.97 Å². The first-order valence-electron chi connectivity index (χ1n) is 8.11. The van der Waals surface area contributed by atoms with Crippen molar-refractivity contribution >= 4 is 5.97 Å². The zero-order valence-corrected chi connectivity index (χ0v) is 13.4. The van der Waals surface area contributed by atoms with Crippen LogP contribution in [0.15, 0.2) is 0 Å². The maximum absolute atomic E-state index is 12.3. The van der Waals surface area contributed by atoms with Crippen LogP contribution in [0.5, 0.6) is 0 Å². The Bertz CT molecular complexity index is 341. The Balaban J connectivity index is 2.03. The van der Waals surface area contributed by atoms with E-state index in [1.807, 2.05) is 0 Å². The maximum Gasteiger partial charge on any atom is 0.326 e. The molecule has 2 aliphatic rings. The standard InChI is InChI=1S/C16H30N2O2/c1-5-18(11-12(2)3)14-8-9-16(10-14,15(19)20-4)17-13-6-7-13/h12-14,17H,5-11H2,1-4H3. The molecular weight excluding hydrogens is 252 g/mol. The molecule has 2 saturated carbocycles. The van der Waals surface area contributed by atoms with E-state index in [1.54, 1.807) is 0 Å². The summed E-state index contributed by atoms with van der Waals surface area (Å²) >= 11 is 0. The molecule has 2 aliphatic carbocycles. The quantitative estimate of drug-likeness (QED) is 0.727. The molecule has 4 nitrogen and oxygen atoms in total. The molecule has 0 spiro atoms. The fourth-order valence-electron chi connectivity index (χ4n) is 3.53. The largest absolute Gasteiger partial charge is 0.468 e. The van der Waals surface area contributed by atoms with Gasteiger partial charge in [0, 0.05) is 18.6 Å². The molecule has 0 amide bonds. The molecule has 4 heteroatoms. The molecule has 0 aromatic carbocycles. The highest BCUT2D eigenvalue weighted by Crippen LogP contribution is 2.37. The molecular formula is C16H30N2O2. The van der Waals surface area contributed by atoms with Crippen LogP contribution in [-0.2, 0) is 9.53 Å². The lowest BCUT2D eigenvalue weighted by molar-refractivity contribution is -0.148. The van der Waals surface area contributed by atoms with Gasteiger partial charge in [-0.2, -0.15) is 0 Å². The lowest BCUT2D eigenvalue weighted by Gasteiger charge is -2.32. The molecule has 2 rings (SSSR count). The number of hydrogen-bond donors (Lipinski definition) is 1. The number of nitrogens with zero attached hydrogens (tertiary/aromatic N) is 1. The van der Waals surface area contributed by atoms with Crippen molar-refractivity contribution in [1.82, 2.24) is 10.2 Å². The molecule has 0 aromatic rings. The Kier molecular flexibility index (Phi) is 5.08. The Morgan fingerprint density at radius 2 is 2.10 bits per heavy atom. The predicted molar refractivity (Wildman–Crippen MR) is 80.6 cm³/mol. The molecule has 2 atom stereocenters. The van der Waals surface area contributed by atoms with Gasteiger partial charge in [0.15, 0.2) is 0 Å². The second kappa shape index (κ2) is 6.44. The molecule has 0 aliphatic heterocycles. The van der Waals surface area contributed by atoms with E-state index in [0.717, 1.165) is 32.4 Å². The van der Waals surface area contributed by atoms with Crippen LogP contribution in [-0.4, -0.2) is 48.7 Å². The summed E-state index contributed by atoms with van der Waals surface area (Å²) in [5.41, 5.74) is -0.426. The molecule has 2 unspecified atom stereocenters. The SMILES string of the molecule is CCN(CC(C)C)C1CCC(NC2CC2)(C(=O)OC)C1. The summed E-state index contributed by atoms with van der Waals surface area (Å²) < 4.78 is 5.09. The van der Waals surface area contributed by atoms with Crippen LogP contribution in [0.25, 0.3) is 0 Å².